The molecule has 1 heterocycles. The summed E-state index contributed by atoms with van der Waals surface area (Å²) in [5, 5.41) is 8.70. The van der Waals surface area contributed by atoms with E-state index in [1.807, 2.05) is 0 Å². The first-order valence-electron chi connectivity index (χ1n) is 3.42. The Labute approximate surface area is 61.0 Å². The van der Waals surface area contributed by atoms with Crippen LogP contribution in [0.15, 0.2) is 0 Å². The molecule has 0 aromatic heterocycles. The lowest BCUT2D eigenvalue weighted by Gasteiger charge is -2.22. The maximum atomic E-state index is 11.0. The normalized spacial score (nSPS) is 39.4. The van der Waals surface area contributed by atoms with Crippen LogP contribution in [0.25, 0.3) is 0 Å². The molecule has 2 unspecified atom stereocenters. The maximum Gasteiger partial charge on any atom is 0.153 e. The van der Waals surface area contributed by atoms with E-state index in [1.165, 1.54) is 0 Å². The highest BCUT2D eigenvalue weighted by molar-refractivity contribution is 7.92. The van der Waals surface area contributed by atoms with Crippen LogP contribution in [0.2, 0.25) is 0 Å². The lowest BCUT2D eigenvalue weighted by atomic mass is 10.1. The summed E-state index contributed by atoms with van der Waals surface area (Å²) in [4.78, 5) is 0. The number of hydrogen-bond donors (Lipinski definition) is 1. The van der Waals surface area contributed by atoms with Gasteiger partial charge in [0.25, 0.3) is 0 Å². The van der Waals surface area contributed by atoms with Crippen LogP contribution in [0.5, 0.6) is 0 Å². The van der Waals surface area contributed by atoms with Crippen molar-refractivity contribution < 1.29 is 13.5 Å². The Kier molecular flexibility index (Phi) is 2.01. The molecule has 0 bridgehead atoms. The monoisotopic (exact) mass is 164 g/mol. The maximum absolute atomic E-state index is 11.0. The Morgan fingerprint density at radius 2 is 2.10 bits per heavy atom. The third-order valence-electron chi connectivity index (χ3n) is 1.95. The second kappa shape index (κ2) is 2.51. The van der Waals surface area contributed by atoms with Crippen LogP contribution < -0.4 is 0 Å². The fraction of sp³-hybridized carbons (Fsp3) is 1.00. The van der Waals surface area contributed by atoms with Crippen LogP contribution in [0.4, 0.5) is 0 Å². The summed E-state index contributed by atoms with van der Waals surface area (Å²) in [6.45, 7) is 1.65. The van der Waals surface area contributed by atoms with Crippen molar-refractivity contribution in [3.63, 3.8) is 0 Å². The number of aliphatic hydroxyl groups is 1. The zero-order chi connectivity index (χ0) is 7.78. The number of sulfone groups is 1. The Bertz CT molecular complexity index is 207. The van der Waals surface area contributed by atoms with Crippen LogP contribution >= 0.6 is 0 Å². The van der Waals surface area contributed by atoms with Gasteiger partial charge in [0.1, 0.15) is 0 Å². The third-order valence-corrected chi connectivity index (χ3v) is 4.18. The zero-order valence-electron chi connectivity index (χ0n) is 5.95. The Hall–Kier alpha value is -0.0900. The molecule has 3 nitrogen and oxygen atoms in total. The summed E-state index contributed by atoms with van der Waals surface area (Å²) >= 11 is 0. The molecule has 0 saturated carbocycles. The van der Waals surface area contributed by atoms with E-state index in [9.17, 15) is 8.42 Å². The van der Waals surface area contributed by atoms with Gasteiger partial charge in [-0.3, -0.25) is 0 Å². The lowest BCUT2D eigenvalue weighted by Crippen LogP contribution is -2.33. The largest absolute Gasteiger partial charge is 0.393 e. The first-order chi connectivity index (χ1) is 4.52. The molecule has 4 heteroatoms. The third kappa shape index (κ3) is 1.49. The molecule has 0 radical (unpaired) electrons. The van der Waals surface area contributed by atoms with Crippen molar-refractivity contribution in [1.82, 2.24) is 0 Å². The molecule has 10 heavy (non-hydrogen) atoms. The minimum absolute atomic E-state index is 0.148. The quantitative estimate of drug-likeness (QED) is 0.546. The SMILES string of the molecule is CC1CC(O)CCS1(=O)=O. The van der Waals surface area contributed by atoms with E-state index in [4.69, 9.17) is 5.11 Å². The molecule has 1 aliphatic rings. The van der Waals surface area contributed by atoms with Gasteiger partial charge in [0.05, 0.1) is 17.1 Å². The molecule has 1 N–H and O–H groups in total. The number of aliphatic hydroxyl groups excluding tert-OH is 1. The van der Waals surface area contributed by atoms with Crippen LogP contribution in [0.1, 0.15) is 19.8 Å². The van der Waals surface area contributed by atoms with Gasteiger partial charge in [-0.25, -0.2) is 8.42 Å². The smallest absolute Gasteiger partial charge is 0.153 e. The average Bonchev–Trinajstić information content (AvgIpc) is 1.81. The number of hydrogen-bond acceptors (Lipinski definition) is 3. The molecule has 1 saturated heterocycles. The van der Waals surface area contributed by atoms with Gasteiger partial charge >= 0.3 is 0 Å². The van der Waals surface area contributed by atoms with Crippen molar-refractivity contribution >= 4 is 9.84 Å². The van der Waals surface area contributed by atoms with Crippen molar-refractivity contribution in [3.8, 4) is 0 Å². The first kappa shape index (κ1) is 8.01. The van der Waals surface area contributed by atoms with Gasteiger partial charge in [0, 0.05) is 0 Å². The molecule has 0 amide bonds. The van der Waals surface area contributed by atoms with E-state index in [0.29, 0.717) is 12.8 Å². The Balaban J connectivity index is 2.70. The molecular weight excluding hydrogens is 152 g/mol. The summed E-state index contributed by atoms with van der Waals surface area (Å²) in [6, 6.07) is 0. The van der Waals surface area contributed by atoms with Gasteiger partial charge in [-0.05, 0) is 19.8 Å². The predicted octanol–water partition coefficient (Wildman–Crippen LogP) is -0.0556. The highest BCUT2D eigenvalue weighted by Gasteiger charge is 2.29. The Morgan fingerprint density at radius 3 is 2.50 bits per heavy atom. The molecule has 0 aromatic rings. The lowest BCUT2D eigenvalue weighted by molar-refractivity contribution is 0.155. The molecule has 2 atom stereocenters. The summed E-state index contributed by atoms with van der Waals surface area (Å²) in [5.74, 6) is 0.148. The standard InChI is InChI=1S/C6H12O3S/c1-5-4-6(7)2-3-10(5,8)9/h5-7H,2-4H2,1H3. The molecule has 1 aliphatic heterocycles. The zero-order valence-corrected chi connectivity index (χ0v) is 6.76. The second-order valence-electron chi connectivity index (χ2n) is 2.86. The van der Waals surface area contributed by atoms with Crippen molar-refractivity contribution in [3.05, 3.63) is 0 Å². The molecule has 0 aromatic carbocycles. The minimum Gasteiger partial charge on any atom is -0.393 e. The van der Waals surface area contributed by atoms with E-state index in [1.54, 1.807) is 6.92 Å². The highest BCUT2D eigenvalue weighted by atomic mass is 32.2. The molecule has 0 spiro atoms. The van der Waals surface area contributed by atoms with E-state index in [0.717, 1.165) is 0 Å². The number of rotatable bonds is 0. The van der Waals surface area contributed by atoms with Crippen molar-refractivity contribution in [2.24, 2.45) is 0 Å². The second-order valence-corrected chi connectivity index (χ2v) is 5.39. The van der Waals surface area contributed by atoms with Gasteiger partial charge in [-0.1, -0.05) is 0 Å². The average molecular weight is 164 g/mol. The summed E-state index contributed by atoms with van der Waals surface area (Å²) < 4.78 is 22.0. The van der Waals surface area contributed by atoms with Crippen molar-refractivity contribution in [1.29, 1.82) is 0 Å². The molecule has 0 aliphatic carbocycles. The Morgan fingerprint density at radius 1 is 1.50 bits per heavy atom. The van der Waals surface area contributed by atoms with E-state index in [2.05, 4.69) is 0 Å². The van der Waals surface area contributed by atoms with Gasteiger partial charge in [0.2, 0.25) is 0 Å². The van der Waals surface area contributed by atoms with Crippen LogP contribution in [0, 0.1) is 0 Å². The van der Waals surface area contributed by atoms with Crippen molar-refractivity contribution in [2.75, 3.05) is 5.75 Å². The molecule has 60 valence electrons. The van der Waals surface area contributed by atoms with Crippen LogP contribution in [0.3, 0.4) is 0 Å². The topological polar surface area (TPSA) is 54.4 Å². The van der Waals surface area contributed by atoms with E-state index in [-0.39, 0.29) is 11.0 Å². The van der Waals surface area contributed by atoms with E-state index >= 15 is 0 Å². The van der Waals surface area contributed by atoms with Gasteiger partial charge < -0.3 is 5.11 Å². The van der Waals surface area contributed by atoms with Gasteiger partial charge in [-0.2, -0.15) is 0 Å². The summed E-state index contributed by atoms with van der Waals surface area (Å²) in [6.07, 6.45) is 0.410. The predicted molar refractivity (Wildman–Crippen MR) is 38.5 cm³/mol. The first-order valence-corrected chi connectivity index (χ1v) is 5.13. The summed E-state index contributed by atoms with van der Waals surface area (Å²) in [5.41, 5.74) is 0. The summed E-state index contributed by atoms with van der Waals surface area (Å²) in [7, 11) is -2.85. The molecule has 1 rings (SSSR count). The molecule has 1 fully saturated rings. The fourth-order valence-electron chi connectivity index (χ4n) is 1.15. The van der Waals surface area contributed by atoms with E-state index < -0.39 is 15.9 Å². The van der Waals surface area contributed by atoms with Gasteiger partial charge in [0.15, 0.2) is 9.84 Å². The van der Waals surface area contributed by atoms with Crippen LogP contribution in [-0.4, -0.2) is 30.6 Å². The molecular formula is C6H12O3S. The minimum atomic E-state index is -2.85. The highest BCUT2D eigenvalue weighted by Crippen LogP contribution is 2.18. The van der Waals surface area contributed by atoms with Crippen LogP contribution in [-0.2, 0) is 9.84 Å². The van der Waals surface area contributed by atoms with Gasteiger partial charge in [-0.15, -0.1) is 0 Å². The van der Waals surface area contributed by atoms with Crippen molar-refractivity contribution in [2.45, 2.75) is 31.1 Å². The fourth-order valence-corrected chi connectivity index (χ4v) is 2.67.